The number of anilines is 2. The number of hydrogen-bond donors (Lipinski definition) is 3. The zero-order chi connectivity index (χ0) is 31.9. The number of rotatable bonds is 11. The van der Waals surface area contributed by atoms with E-state index >= 15 is 0 Å². The van der Waals surface area contributed by atoms with Crippen LogP contribution in [0.15, 0.2) is 58.8 Å². The van der Waals surface area contributed by atoms with E-state index in [0.717, 1.165) is 22.4 Å². The maximum atomic E-state index is 13.5. The molecule has 0 aliphatic heterocycles. The van der Waals surface area contributed by atoms with Gasteiger partial charge in [-0.2, -0.15) is 0 Å². The number of carbonyl (C=O) groups excluding carboxylic acids is 2. The first-order valence-corrected chi connectivity index (χ1v) is 15.4. The van der Waals surface area contributed by atoms with Crippen molar-refractivity contribution in [3.63, 3.8) is 0 Å². The van der Waals surface area contributed by atoms with Crippen molar-refractivity contribution in [2.24, 2.45) is 0 Å². The molecular weight excluding hydrogens is 594 g/mol. The molecular formula is C33H35N5O6S. The number of amides is 2. The summed E-state index contributed by atoms with van der Waals surface area (Å²) in [5, 5.41) is 11.4. The summed E-state index contributed by atoms with van der Waals surface area (Å²) in [5.41, 5.74) is 4.75. The quantitative estimate of drug-likeness (QED) is 0.191. The van der Waals surface area contributed by atoms with Crippen LogP contribution >= 0.6 is 11.3 Å². The smallest absolute Gasteiger partial charge is 0.226 e. The Morgan fingerprint density at radius 2 is 1.84 bits per heavy atom. The van der Waals surface area contributed by atoms with Crippen molar-refractivity contribution in [2.45, 2.75) is 38.6 Å². The van der Waals surface area contributed by atoms with Gasteiger partial charge < -0.3 is 30.2 Å². The number of ether oxygens (including phenoxy) is 3. The molecule has 2 aromatic carbocycles. The van der Waals surface area contributed by atoms with Crippen molar-refractivity contribution in [3.8, 4) is 39.8 Å². The predicted octanol–water partition coefficient (Wildman–Crippen LogP) is 5.21. The number of benzene rings is 1. The minimum atomic E-state index is -0.396. The number of thiazole rings is 1. The van der Waals surface area contributed by atoms with Crippen molar-refractivity contribution < 1.29 is 23.8 Å². The van der Waals surface area contributed by atoms with Gasteiger partial charge in [0.15, 0.2) is 16.6 Å². The standard InChI is InChI=1S/C33H35N5O6S/c1-19(39)36-23-12-10-20-16-28(42-2)31(43-3)32(44-4)30(20)21-11-13-25(27(40)17-22(21)23)35-15-7-9-29(41)38-33-37-26(18-45-33)24-8-5-6-14-34-24/h5-6,8,11,13-14,16-18,23H,7,9-10,12,15H2,1-4H3,(H,35,40)(H,36,39)(H,37,38,41)/t23-/m0/s1. The molecule has 2 aromatic heterocycles. The predicted molar refractivity (Wildman–Crippen MR) is 174 cm³/mol. The molecule has 234 valence electrons. The number of methoxy groups -OCH3 is 3. The van der Waals surface area contributed by atoms with E-state index in [0.29, 0.717) is 65.1 Å². The Morgan fingerprint density at radius 3 is 2.56 bits per heavy atom. The normalized spacial score (nSPS) is 13.5. The van der Waals surface area contributed by atoms with Crippen LogP contribution in [0, 0.1) is 0 Å². The van der Waals surface area contributed by atoms with Gasteiger partial charge in [-0.3, -0.25) is 19.4 Å². The SMILES string of the molecule is COc1cc2c(c(OC)c1OC)-c1ccc(NCCCC(=O)Nc3nc(-c4ccccn4)cs3)c(=O)cc1[C@@H](NC(C)=O)CC2. The second-order valence-corrected chi connectivity index (χ2v) is 11.3. The maximum Gasteiger partial charge on any atom is 0.226 e. The lowest BCUT2D eigenvalue weighted by Crippen LogP contribution is -2.26. The fourth-order valence-corrected chi connectivity index (χ4v) is 6.19. The van der Waals surface area contributed by atoms with Gasteiger partial charge in [0, 0.05) is 37.0 Å². The molecule has 1 aliphatic carbocycles. The Balaban J connectivity index is 1.34. The zero-order valence-corrected chi connectivity index (χ0v) is 26.4. The fourth-order valence-electron chi connectivity index (χ4n) is 5.47. The number of fused-ring (bicyclic) bond motifs is 3. The number of aromatic nitrogens is 2. The Labute approximate surface area is 265 Å². The molecule has 5 rings (SSSR count). The van der Waals surface area contributed by atoms with Crippen molar-refractivity contribution in [1.29, 1.82) is 0 Å². The highest BCUT2D eigenvalue weighted by Crippen LogP contribution is 2.50. The Kier molecular flexibility index (Phi) is 9.93. The summed E-state index contributed by atoms with van der Waals surface area (Å²) in [6, 6.07) is 12.3. The largest absolute Gasteiger partial charge is 0.493 e. The highest BCUT2D eigenvalue weighted by atomic mass is 32.1. The van der Waals surface area contributed by atoms with Gasteiger partial charge in [0.1, 0.15) is 5.69 Å². The monoisotopic (exact) mass is 629 g/mol. The lowest BCUT2D eigenvalue weighted by Gasteiger charge is -2.19. The first kappa shape index (κ1) is 31.5. The van der Waals surface area contributed by atoms with Crippen LogP contribution in [-0.2, 0) is 16.0 Å². The number of aryl methyl sites for hydroxylation is 1. The van der Waals surface area contributed by atoms with Crippen LogP contribution in [0.5, 0.6) is 17.2 Å². The minimum absolute atomic E-state index is 0.169. The number of nitrogens with one attached hydrogen (secondary N) is 3. The first-order valence-electron chi connectivity index (χ1n) is 14.5. The maximum absolute atomic E-state index is 13.5. The van der Waals surface area contributed by atoms with Crippen molar-refractivity contribution in [3.05, 3.63) is 75.4 Å². The summed E-state index contributed by atoms with van der Waals surface area (Å²) in [5.74, 6) is 1.10. The molecule has 4 aromatic rings. The number of pyridine rings is 1. The molecule has 45 heavy (non-hydrogen) atoms. The summed E-state index contributed by atoms with van der Waals surface area (Å²) in [7, 11) is 4.68. The fraction of sp³-hybridized carbons (Fsp3) is 0.303. The molecule has 1 atom stereocenters. The van der Waals surface area contributed by atoms with E-state index in [1.165, 1.54) is 18.3 Å². The van der Waals surface area contributed by atoms with E-state index < -0.39 is 6.04 Å². The third-order valence-electron chi connectivity index (χ3n) is 7.49. The molecule has 2 heterocycles. The summed E-state index contributed by atoms with van der Waals surface area (Å²) < 4.78 is 17.1. The number of carbonyl (C=O) groups is 2. The molecule has 0 saturated heterocycles. The highest BCUT2D eigenvalue weighted by Gasteiger charge is 2.29. The van der Waals surface area contributed by atoms with Crippen LogP contribution in [0.25, 0.3) is 22.5 Å². The van der Waals surface area contributed by atoms with E-state index in [9.17, 15) is 14.4 Å². The van der Waals surface area contributed by atoms with Gasteiger partial charge in [0.25, 0.3) is 0 Å². The molecule has 0 radical (unpaired) electrons. The molecule has 11 nitrogen and oxygen atoms in total. The van der Waals surface area contributed by atoms with E-state index in [2.05, 4.69) is 25.9 Å². The van der Waals surface area contributed by atoms with E-state index in [1.54, 1.807) is 39.7 Å². The van der Waals surface area contributed by atoms with Gasteiger partial charge in [-0.25, -0.2) is 4.98 Å². The molecule has 3 N–H and O–H groups in total. The van der Waals surface area contributed by atoms with E-state index in [1.807, 2.05) is 35.7 Å². The third-order valence-corrected chi connectivity index (χ3v) is 8.25. The lowest BCUT2D eigenvalue weighted by atomic mass is 9.95. The van der Waals surface area contributed by atoms with Crippen molar-refractivity contribution in [1.82, 2.24) is 15.3 Å². The molecule has 1 aliphatic rings. The molecule has 0 unspecified atom stereocenters. The Morgan fingerprint density at radius 1 is 1.02 bits per heavy atom. The van der Waals surface area contributed by atoms with Gasteiger partial charge in [0.05, 0.1) is 38.8 Å². The Bertz CT molecular complexity index is 1760. The second-order valence-electron chi connectivity index (χ2n) is 10.4. The second kappa shape index (κ2) is 14.2. The van der Waals surface area contributed by atoms with Crippen LogP contribution < -0.4 is 35.6 Å². The zero-order valence-electron chi connectivity index (χ0n) is 25.6. The topological polar surface area (TPSA) is 141 Å². The summed E-state index contributed by atoms with van der Waals surface area (Å²) in [6.07, 6.45) is 3.61. The summed E-state index contributed by atoms with van der Waals surface area (Å²) in [6.45, 7) is 1.86. The number of hydrogen-bond acceptors (Lipinski definition) is 10. The Hall–Kier alpha value is -4.97. The molecule has 0 saturated carbocycles. The number of nitrogens with zero attached hydrogens (tertiary/aromatic N) is 2. The van der Waals surface area contributed by atoms with Crippen LogP contribution in [0.4, 0.5) is 10.8 Å². The molecule has 0 fully saturated rings. The first-order chi connectivity index (χ1) is 21.8. The average molecular weight is 630 g/mol. The molecule has 0 bridgehead atoms. The molecule has 12 heteroatoms. The molecule has 2 amide bonds. The van der Waals surface area contributed by atoms with Gasteiger partial charge in [-0.05, 0) is 66.3 Å². The van der Waals surface area contributed by atoms with Gasteiger partial charge >= 0.3 is 0 Å². The van der Waals surface area contributed by atoms with E-state index in [-0.39, 0.29) is 23.7 Å². The van der Waals surface area contributed by atoms with Crippen LogP contribution in [0.3, 0.4) is 0 Å². The van der Waals surface area contributed by atoms with Gasteiger partial charge in [-0.15, -0.1) is 11.3 Å². The van der Waals surface area contributed by atoms with Gasteiger partial charge in [-0.1, -0.05) is 12.1 Å². The van der Waals surface area contributed by atoms with Gasteiger partial charge in [0.2, 0.25) is 23.0 Å². The van der Waals surface area contributed by atoms with Crippen molar-refractivity contribution in [2.75, 3.05) is 38.5 Å². The van der Waals surface area contributed by atoms with Crippen LogP contribution in [-0.4, -0.2) is 49.7 Å². The highest BCUT2D eigenvalue weighted by molar-refractivity contribution is 7.14. The summed E-state index contributed by atoms with van der Waals surface area (Å²) in [4.78, 5) is 46.9. The minimum Gasteiger partial charge on any atom is -0.493 e. The van der Waals surface area contributed by atoms with E-state index in [4.69, 9.17) is 14.2 Å². The summed E-state index contributed by atoms with van der Waals surface area (Å²) >= 11 is 1.34. The third kappa shape index (κ3) is 7.07. The van der Waals surface area contributed by atoms with Crippen LogP contribution in [0.2, 0.25) is 0 Å². The molecule has 0 spiro atoms. The van der Waals surface area contributed by atoms with Crippen molar-refractivity contribution >= 4 is 34.0 Å². The van der Waals surface area contributed by atoms with Crippen LogP contribution in [0.1, 0.15) is 43.4 Å². The average Bonchev–Trinajstić information content (AvgIpc) is 3.38. The lowest BCUT2D eigenvalue weighted by molar-refractivity contribution is -0.119.